The number of aryl methyl sites for hydroxylation is 2. The number of rotatable bonds is 2. The molecule has 0 radical (unpaired) electrons. The predicted molar refractivity (Wildman–Crippen MR) is 65.9 cm³/mol. The topological polar surface area (TPSA) is 54.9 Å². The lowest BCUT2D eigenvalue weighted by molar-refractivity contribution is 0.102. The van der Waals surface area contributed by atoms with Gasteiger partial charge in [-0.1, -0.05) is 18.2 Å². The molecule has 0 unspecified atom stereocenters. The van der Waals surface area contributed by atoms with E-state index < -0.39 is 0 Å². The molecule has 4 nitrogen and oxygen atoms in total. The largest absolute Gasteiger partial charge is 0.322 e. The van der Waals surface area contributed by atoms with Crippen LogP contribution >= 0.6 is 0 Å². The van der Waals surface area contributed by atoms with Gasteiger partial charge in [-0.25, -0.2) is 9.97 Å². The molecule has 0 atom stereocenters. The third kappa shape index (κ3) is 2.47. The van der Waals surface area contributed by atoms with E-state index in [9.17, 15) is 4.79 Å². The molecule has 17 heavy (non-hydrogen) atoms. The van der Waals surface area contributed by atoms with E-state index in [-0.39, 0.29) is 5.91 Å². The fraction of sp³-hybridized carbons (Fsp3) is 0.154. The van der Waals surface area contributed by atoms with E-state index in [1.54, 1.807) is 13.8 Å². The highest BCUT2D eigenvalue weighted by Gasteiger charge is 2.13. The summed E-state index contributed by atoms with van der Waals surface area (Å²) in [6, 6.07) is 9.32. The molecule has 1 aromatic carbocycles. The van der Waals surface area contributed by atoms with Gasteiger partial charge in [0.1, 0.15) is 6.33 Å². The Morgan fingerprint density at radius 2 is 1.65 bits per heavy atom. The number of carbonyl (C=O) groups is 1. The Morgan fingerprint density at radius 1 is 1.06 bits per heavy atom. The van der Waals surface area contributed by atoms with Gasteiger partial charge in [-0.3, -0.25) is 4.79 Å². The summed E-state index contributed by atoms with van der Waals surface area (Å²) in [6.07, 6.45) is 1.46. The van der Waals surface area contributed by atoms with Crippen molar-refractivity contribution in [3.63, 3.8) is 0 Å². The number of para-hydroxylation sites is 1. The highest BCUT2D eigenvalue weighted by molar-refractivity contribution is 6.05. The van der Waals surface area contributed by atoms with Crippen LogP contribution in [0, 0.1) is 13.8 Å². The van der Waals surface area contributed by atoms with Gasteiger partial charge in [-0.05, 0) is 26.0 Å². The lowest BCUT2D eigenvalue weighted by Crippen LogP contribution is -2.16. The molecule has 2 rings (SSSR count). The van der Waals surface area contributed by atoms with Crippen molar-refractivity contribution in [2.45, 2.75) is 13.8 Å². The second-order valence-corrected chi connectivity index (χ2v) is 3.74. The summed E-state index contributed by atoms with van der Waals surface area (Å²) in [6.45, 7) is 3.60. The number of hydrogen-bond donors (Lipinski definition) is 1. The zero-order valence-corrected chi connectivity index (χ0v) is 9.77. The van der Waals surface area contributed by atoms with Crippen molar-refractivity contribution >= 4 is 11.6 Å². The van der Waals surface area contributed by atoms with Crippen molar-refractivity contribution in [2.75, 3.05) is 5.32 Å². The van der Waals surface area contributed by atoms with Crippen LogP contribution in [0.25, 0.3) is 0 Å². The quantitative estimate of drug-likeness (QED) is 0.856. The highest BCUT2D eigenvalue weighted by atomic mass is 16.1. The average Bonchev–Trinajstić information content (AvgIpc) is 2.30. The van der Waals surface area contributed by atoms with Gasteiger partial charge in [0.15, 0.2) is 0 Å². The summed E-state index contributed by atoms with van der Waals surface area (Å²) >= 11 is 0. The number of hydrogen-bond acceptors (Lipinski definition) is 3. The van der Waals surface area contributed by atoms with Gasteiger partial charge in [-0.2, -0.15) is 0 Å². The van der Waals surface area contributed by atoms with Crippen LogP contribution in [-0.4, -0.2) is 15.9 Å². The van der Waals surface area contributed by atoms with Crippen LogP contribution in [0.3, 0.4) is 0 Å². The second-order valence-electron chi connectivity index (χ2n) is 3.74. The summed E-state index contributed by atoms with van der Waals surface area (Å²) in [4.78, 5) is 20.1. The Morgan fingerprint density at radius 3 is 2.24 bits per heavy atom. The molecule has 0 aliphatic rings. The van der Waals surface area contributed by atoms with Crippen molar-refractivity contribution in [2.24, 2.45) is 0 Å². The molecule has 0 spiro atoms. The first-order chi connectivity index (χ1) is 8.18. The summed E-state index contributed by atoms with van der Waals surface area (Å²) < 4.78 is 0. The lowest BCUT2D eigenvalue weighted by Gasteiger charge is -2.08. The van der Waals surface area contributed by atoms with Crippen molar-refractivity contribution in [3.05, 3.63) is 53.6 Å². The number of nitrogens with one attached hydrogen (secondary N) is 1. The normalized spacial score (nSPS) is 10.0. The molecule has 0 saturated carbocycles. The predicted octanol–water partition coefficient (Wildman–Crippen LogP) is 2.35. The minimum Gasteiger partial charge on any atom is -0.322 e. The van der Waals surface area contributed by atoms with E-state index >= 15 is 0 Å². The molecule has 0 bridgehead atoms. The molecular formula is C13H13N3O. The third-order valence-corrected chi connectivity index (χ3v) is 2.49. The van der Waals surface area contributed by atoms with Crippen LogP contribution in [0.1, 0.15) is 21.7 Å². The molecule has 0 aliphatic heterocycles. The summed E-state index contributed by atoms with van der Waals surface area (Å²) in [7, 11) is 0. The molecule has 1 heterocycles. The minimum atomic E-state index is -0.174. The Bertz CT molecular complexity index is 517. The molecule has 0 saturated heterocycles. The lowest BCUT2D eigenvalue weighted by atomic mass is 10.1. The van der Waals surface area contributed by atoms with Gasteiger partial charge in [0.2, 0.25) is 0 Å². The van der Waals surface area contributed by atoms with Crippen LogP contribution in [0.5, 0.6) is 0 Å². The van der Waals surface area contributed by atoms with Gasteiger partial charge in [0.25, 0.3) is 5.91 Å². The fourth-order valence-electron chi connectivity index (χ4n) is 1.64. The number of benzene rings is 1. The van der Waals surface area contributed by atoms with Crippen LogP contribution in [0.2, 0.25) is 0 Å². The molecule has 1 amide bonds. The SMILES string of the molecule is Cc1ncnc(C)c1C(=O)Nc1ccccc1. The monoisotopic (exact) mass is 227 g/mol. The van der Waals surface area contributed by atoms with Gasteiger partial charge >= 0.3 is 0 Å². The van der Waals surface area contributed by atoms with Crippen molar-refractivity contribution in [1.29, 1.82) is 0 Å². The van der Waals surface area contributed by atoms with E-state index in [0.29, 0.717) is 17.0 Å². The van der Waals surface area contributed by atoms with Crippen molar-refractivity contribution in [1.82, 2.24) is 9.97 Å². The van der Waals surface area contributed by atoms with Gasteiger partial charge in [0, 0.05) is 5.69 Å². The van der Waals surface area contributed by atoms with Crippen LogP contribution < -0.4 is 5.32 Å². The molecule has 0 fully saturated rings. The molecule has 4 heteroatoms. The summed E-state index contributed by atoms with van der Waals surface area (Å²) in [5.74, 6) is -0.174. The molecule has 1 aromatic heterocycles. The molecule has 2 aromatic rings. The Kier molecular flexibility index (Phi) is 3.14. The number of anilines is 1. The molecule has 1 N–H and O–H groups in total. The van der Waals surface area contributed by atoms with E-state index in [4.69, 9.17) is 0 Å². The minimum absolute atomic E-state index is 0.174. The number of nitrogens with zero attached hydrogens (tertiary/aromatic N) is 2. The zero-order chi connectivity index (χ0) is 12.3. The van der Waals surface area contributed by atoms with Gasteiger partial charge < -0.3 is 5.32 Å². The maximum absolute atomic E-state index is 12.1. The van der Waals surface area contributed by atoms with E-state index in [0.717, 1.165) is 5.69 Å². The standard InChI is InChI=1S/C13H13N3O/c1-9-12(10(2)15-8-14-9)13(17)16-11-6-4-3-5-7-11/h3-8H,1-2H3,(H,16,17). The maximum atomic E-state index is 12.1. The number of amides is 1. The molecule has 86 valence electrons. The first-order valence-corrected chi connectivity index (χ1v) is 5.33. The first-order valence-electron chi connectivity index (χ1n) is 5.33. The van der Waals surface area contributed by atoms with Crippen molar-refractivity contribution in [3.8, 4) is 0 Å². The fourth-order valence-corrected chi connectivity index (χ4v) is 1.64. The zero-order valence-electron chi connectivity index (χ0n) is 9.77. The summed E-state index contributed by atoms with van der Waals surface area (Å²) in [5, 5.41) is 2.82. The third-order valence-electron chi connectivity index (χ3n) is 2.49. The highest BCUT2D eigenvalue weighted by Crippen LogP contribution is 2.12. The number of carbonyl (C=O) groups excluding carboxylic acids is 1. The molecule has 0 aliphatic carbocycles. The first kappa shape index (κ1) is 11.3. The van der Waals surface area contributed by atoms with E-state index in [1.807, 2.05) is 30.3 Å². The van der Waals surface area contributed by atoms with Crippen LogP contribution in [-0.2, 0) is 0 Å². The summed E-state index contributed by atoms with van der Waals surface area (Å²) in [5.41, 5.74) is 2.67. The molecular weight excluding hydrogens is 214 g/mol. The van der Waals surface area contributed by atoms with E-state index in [2.05, 4.69) is 15.3 Å². The Labute approximate surface area is 99.7 Å². The smallest absolute Gasteiger partial charge is 0.259 e. The van der Waals surface area contributed by atoms with E-state index in [1.165, 1.54) is 6.33 Å². The van der Waals surface area contributed by atoms with Crippen LogP contribution in [0.15, 0.2) is 36.7 Å². The average molecular weight is 227 g/mol. The number of aromatic nitrogens is 2. The Balaban J connectivity index is 2.27. The van der Waals surface area contributed by atoms with Crippen LogP contribution in [0.4, 0.5) is 5.69 Å². The van der Waals surface area contributed by atoms with Gasteiger partial charge in [-0.15, -0.1) is 0 Å². The van der Waals surface area contributed by atoms with Gasteiger partial charge in [0.05, 0.1) is 17.0 Å². The van der Waals surface area contributed by atoms with Crippen molar-refractivity contribution < 1.29 is 4.79 Å². The second kappa shape index (κ2) is 4.74. The maximum Gasteiger partial charge on any atom is 0.259 e. The Hall–Kier alpha value is -2.23.